The molecule has 0 radical (unpaired) electrons. The van der Waals surface area contributed by atoms with E-state index in [4.69, 9.17) is 14.7 Å². The van der Waals surface area contributed by atoms with Crippen LogP contribution in [0.5, 0.6) is 0 Å². The number of rotatable bonds is 3. The minimum Gasteiger partial charge on any atom is -0.168 e. The van der Waals surface area contributed by atoms with E-state index in [1.807, 2.05) is 13.8 Å². The maximum absolute atomic E-state index is 8.27. The van der Waals surface area contributed by atoms with Crippen molar-refractivity contribution in [3.05, 3.63) is 0 Å². The van der Waals surface area contributed by atoms with Crippen molar-refractivity contribution in [1.82, 2.24) is 0 Å². The van der Waals surface area contributed by atoms with Crippen molar-refractivity contribution in [2.24, 2.45) is 5.92 Å². The fraction of sp³-hybridized carbons (Fsp3) is 1.00. The third-order valence-electron chi connectivity index (χ3n) is 0.581. The van der Waals surface area contributed by atoms with Gasteiger partial charge in [0, 0.05) is 0 Å². The van der Waals surface area contributed by atoms with E-state index in [2.05, 4.69) is 4.52 Å². The van der Waals surface area contributed by atoms with Crippen LogP contribution in [-0.4, -0.2) is 21.3 Å². The zero-order valence-corrected chi connectivity index (χ0v) is 6.38. The minimum absolute atomic E-state index is 0.164. The van der Waals surface area contributed by atoms with Crippen LogP contribution in [0.4, 0.5) is 0 Å². The van der Waals surface area contributed by atoms with E-state index in [0.29, 0.717) is 0 Å². The van der Waals surface area contributed by atoms with Gasteiger partial charge in [-0.25, -0.2) is 0 Å². The van der Waals surface area contributed by atoms with E-state index in [1.54, 1.807) is 0 Å². The molecule has 5 heteroatoms. The van der Waals surface area contributed by atoms with Gasteiger partial charge in [-0.1, -0.05) is 13.8 Å². The van der Waals surface area contributed by atoms with Crippen molar-refractivity contribution in [3.63, 3.8) is 0 Å². The lowest BCUT2D eigenvalue weighted by atomic mass is 10.2. The lowest BCUT2D eigenvalue weighted by Gasteiger charge is -2.03. The molecular formula is C4H12O4P+. The van der Waals surface area contributed by atoms with Crippen molar-refractivity contribution in [2.75, 3.05) is 6.61 Å². The quantitative estimate of drug-likeness (QED) is 0.513. The highest BCUT2D eigenvalue weighted by Crippen LogP contribution is 2.45. The maximum Gasteiger partial charge on any atom is 0.567 e. The summed E-state index contributed by atoms with van der Waals surface area (Å²) in [6, 6.07) is 0. The standard InChI is InChI=1S/C4H12O4P/c1-4(2)3-8-9(5,6)7/h4-7H,3H2,1-2H3/q+1. The Morgan fingerprint density at radius 3 is 1.89 bits per heavy atom. The predicted molar refractivity (Wildman–Crippen MR) is 34.4 cm³/mol. The smallest absolute Gasteiger partial charge is 0.168 e. The Morgan fingerprint density at radius 1 is 1.33 bits per heavy atom. The lowest BCUT2D eigenvalue weighted by molar-refractivity contribution is 0.144. The predicted octanol–water partition coefficient (Wildman–Crippen LogP) is 0.313. The molecule has 0 aliphatic heterocycles. The van der Waals surface area contributed by atoms with E-state index in [0.717, 1.165) is 0 Å². The first-order chi connectivity index (χ1) is 3.92. The van der Waals surface area contributed by atoms with Crippen LogP contribution in [0, 0.1) is 5.92 Å². The first kappa shape index (κ1) is 9.27. The van der Waals surface area contributed by atoms with Gasteiger partial charge in [0.1, 0.15) is 6.61 Å². The highest BCUT2D eigenvalue weighted by molar-refractivity contribution is 7.53. The van der Waals surface area contributed by atoms with Gasteiger partial charge in [-0.05, 0) is 5.92 Å². The minimum atomic E-state index is -3.97. The summed E-state index contributed by atoms with van der Waals surface area (Å²) < 4.78 is 4.27. The van der Waals surface area contributed by atoms with Crippen LogP contribution in [0.25, 0.3) is 0 Å². The largest absolute Gasteiger partial charge is 0.567 e. The fourth-order valence-electron chi connectivity index (χ4n) is 0.249. The van der Waals surface area contributed by atoms with Crippen molar-refractivity contribution >= 4 is 8.17 Å². The Bertz CT molecular complexity index is 77.1. The van der Waals surface area contributed by atoms with Gasteiger partial charge in [0.25, 0.3) is 0 Å². The summed E-state index contributed by atoms with van der Waals surface area (Å²) in [6.07, 6.45) is 0. The Morgan fingerprint density at radius 2 is 1.78 bits per heavy atom. The van der Waals surface area contributed by atoms with E-state index >= 15 is 0 Å². The summed E-state index contributed by atoms with van der Waals surface area (Å²) >= 11 is 0. The van der Waals surface area contributed by atoms with Crippen LogP contribution in [0.1, 0.15) is 13.8 Å². The molecule has 0 aromatic rings. The summed E-state index contributed by atoms with van der Waals surface area (Å²) in [4.78, 5) is 24.8. The zero-order chi connectivity index (χ0) is 7.49. The zero-order valence-electron chi connectivity index (χ0n) is 5.48. The Kier molecular flexibility index (Phi) is 3.54. The monoisotopic (exact) mass is 155 g/mol. The van der Waals surface area contributed by atoms with Crippen LogP contribution < -0.4 is 0 Å². The highest BCUT2D eigenvalue weighted by atomic mass is 31.2. The summed E-state index contributed by atoms with van der Waals surface area (Å²) in [5, 5.41) is 0. The molecule has 4 nitrogen and oxygen atoms in total. The highest BCUT2D eigenvalue weighted by Gasteiger charge is 2.32. The van der Waals surface area contributed by atoms with Crippen molar-refractivity contribution in [2.45, 2.75) is 13.8 Å². The van der Waals surface area contributed by atoms with Crippen LogP contribution in [-0.2, 0) is 4.52 Å². The fourth-order valence-corrected chi connectivity index (χ4v) is 0.747. The third kappa shape index (κ3) is 8.27. The van der Waals surface area contributed by atoms with Gasteiger partial charge >= 0.3 is 8.17 Å². The molecule has 3 N–H and O–H groups in total. The average molecular weight is 155 g/mol. The van der Waals surface area contributed by atoms with Gasteiger partial charge in [-0.2, -0.15) is 19.2 Å². The van der Waals surface area contributed by atoms with Crippen molar-refractivity contribution < 1.29 is 19.2 Å². The topological polar surface area (TPSA) is 69.9 Å². The van der Waals surface area contributed by atoms with Crippen LogP contribution in [0.3, 0.4) is 0 Å². The Balaban J connectivity index is 3.28. The van der Waals surface area contributed by atoms with Gasteiger partial charge in [0.05, 0.1) is 0 Å². The Labute approximate surface area is 54.8 Å². The molecule has 0 aromatic carbocycles. The molecule has 0 spiro atoms. The number of hydrogen-bond acceptors (Lipinski definition) is 4. The van der Waals surface area contributed by atoms with Crippen LogP contribution in [0.15, 0.2) is 0 Å². The van der Waals surface area contributed by atoms with Gasteiger partial charge in [0.15, 0.2) is 0 Å². The Hall–Kier alpha value is 0.270. The second-order valence-corrected chi connectivity index (χ2v) is 3.49. The molecule has 0 aromatic heterocycles. The van der Waals surface area contributed by atoms with Crippen LogP contribution >= 0.6 is 8.17 Å². The molecule has 9 heavy (non-hydrogen) atoms. The summed E-state index contributed by atoms with van der Waals surface area (Å²) in [5.41, 5.74) is 0. The maximum atomic E-state index is 8.27. The molecule has 0 atom stereocenters. The first-order valence-electron chi connectivity index (χ1n) is 2.63. The van der Waals surface area contributed by atoms with Gasteiger partial charge in [0.2, 0.25) is 0 Å². The molecule has 0 unspecified atom stereocenters. The van der Waals surface area contributed by atoms with Crippen molar-refractivity contribution in [3.8, 4) is 0 Å². The lowest BCUT2D eigenvalue weighted by Crippen LogP contribution is -2.02. The molecule has 0 saturated heterocycles. The van der Waals surface area contributed by atoms with E-state index in [-0.39, 0.29) is 12.5 Å². The second kappa shape index (κ2) is 3.44. The summed E-state index contributed by atoms with van der Waals surface area (Å²) in [5.74, 6) is 0.191. The van der Waals surface area contributed by atoms with E-state index in [9.17, 15) is 0 Å². The molecule has 0 aliphatic carbocycles. The molecule has 0 aliphatic rings. The van der Waals surface area contributed by atoms with Gasteiger partial charge in [-0.3, -0.25) is 0 Å². The molecule has 0 rings (SSSR count). The summed E-state index contributed by atoms with van der Waals surface area (Å²) in [6.45, 7) is 3.85. The first-order valence-corrected chi connectivity index (χ1v) is 4.20. The average Bonchev–Trinajstić information content (AvgIpc) is 1.59. The molecule has 0 bridgehead atoms. The molecule has 0 amide bonds. The van der Waals surface area contributed by atoms with Crippen molar-refractivity contribution in [1.29, 1.82) is 0 Å². The molecule has 0 saturated carbocycles. The SMILES string of the molecule is CC(C)CO[P+](O)(O)O. The molecule has 0 heterocycles. The number of hydrogen-bond donors (Lipinski definition) is 3. The second-order valence-electron chi connectivity index (χ2n) is 2.20. The van der Waals surface area contributed by atoms with Crippen LogP contribution in [0.2, 0.25) is 0 Å². The van der Waals surface area contributed by atoms with Gasteiger partial charge < -0.3 is 0 Å². The van der Waals surface area contributed by atoms with E-state index in [1.165, 1.54) is 0 Å². The molecule has 56 valence electrons. The van der Waals surface area contributed by atoms with Gasteiger partial charge in [-0.15, -0.1) is 0 Å². The third-order valence-corrected chi connectivity index (χ3v) is 1.08. The molecular weight excluding hydrogens is 143 g/mol. The molecule has 0 fully saturated rings. The summed E-state index contributed by atoms with van der Waals surface area (Å²) in [7, 11) is -3.97. The van der Waals surface area contributed by atoms with E-state index < -0.39 is 8.17 Å². The normalized spacial score (nSPS) is 12.7.